The van der Waals surface area contributed by atoms with Crippen LogP contribution in [0.3, 0.4) is 0 Å². The quantitative estimate of drug-likeness (QED) is 0.646. The van der Waals surface area contributed by atoms with Gasteiger partial charge in [0.2, 0.25) is 0 Å². The van der Waals surface area contributed by atoms with Crippen molar-refractivity contribution in [1.29, 1.82) is 0 Å². The minimum atomic E-state index is 1.23. The van der Waals surface area contributed by atoms with Crippen LogP contribution in [0, 0.1) is 6.92 Å². The van der Waals surface area contributed by atoms with Crippen molar-refractivity contribution < 1.29 is 0 Å². The van der Waals surface area contributed by atoms with Crippen molar-refractivity contribution in [3.05, 3.63) is 64.7 Å². The molecule has 1 aliphatic rings. The van der Waals surface area contributed by atoms with Crippen molar-refractivity contribution in [2.24, 2.45) is 0 Å². The summed E-state index contributed by atoms with van der Waals surface area (Å²) in [5, 5.41) is 0. The van der Waals surface area contributed by atoms with Gasteiger partial charge in [-0.25, -0.2) is 0 Å². The average Bonchev–Trinajstić information content (AvgIpc) is 2.49. The Labute approximate surface area is 125 Å². The largest absolute Gasteiger partial charge is 0.126 e. The maximum atomic E-state index is 2.38. The zero-order valence-electron chi connectivity index (χ0n) is 12.1. The number of hydrogen-bond donors (Lipinski definition) is 0. The fraction of sp³-hybridized carbons (Fsp3) is 0.263. The van der Waals surface area contributed by atoms with Crippen LogP contribution in [0.25, 0.3) is 11.6 Å². The molecule has 102 valence electrons. The number of benzene rings is 2. The van der Waals surface area contributed by atoms with E-state index < -0.39 is 0 Å². The number of thioether (sulfide) groups is 1. The molecular weight excluding hydrogens is 260 g/mol. The van der Waals surface area contributed by atoms with Crippen LogP contribution < -0.4 is 0 Å². The second kappa shape index (κ2) is 5.88. The molecular formula is C19H20S. The van der Waals surface area contributed by atoms with Crippen molar-refractivity contribution in [2.75, 3.05) is 5.75 Å². The Balaban J connectivity index is 1.90. The first-order valence-corrected chi connectivity index (χ1v) is 8.22. The molecule has 1 heteroatoms. The van der Waals surface area contributed by atoms with Crippen LogP contribution in [-0.4, -0.2) is 5.75 Å². The predicted octanol–water partition coefficient (Wildman–Crippen LogP) is 5.59. The van der Waals surface area contributed by atoms with Crippen molar-refractivity contribution >= 4 is 23.4 Å². The summed E-state index contributed by atoms with van der Waals surface area (Å²) in [7, 11) is 0. The first-order chi connectivity index (χ1) is 9.72. The summed E-state index contributed by atoms with van der Waals surface area (Å²) in [4.78, 5) is 1.48. The van der Waals surface area contributed by atoms with Gasteiger partial charge < -0.3 is 0 Å². The summed E-state index contributed by atoms with van der Waals surface area (Å²) in [5.41, 5.74) is 6.81. The summed E-state index contributed by atoms with van der Waals surface area (Å²) < 4.78 is 0. The zero-order valence-corrected chi connectivity index (χ0v) is 13.0. The van der Waals surface area contributed by atoms with E-state index >= 15 is 0 Å². The highest BCUT2D eigenvalue weighted by molar-refractivity contribution is 7.99. The monoisotopic (exact) mass is 280 g/mol. The van der Waals surface area contributed by atoms with Gasteiger partial charge >= 0.3 is 0 Å². The number of rotatable bonds is 2. The Morgan fingerprint density at radius 2 is 1.90 bits per heavy atom. The number of fused-ring (bicyclic) bond motifs is 1. The van der Waals surface area contributed by atoms with E-state index in [0.717, 1.165) is 0 Å². The van der Waals surface area contributed by atoms with Gasteiger partial charge in [-0.3, -0.25) is 0 Å². The van der Waals surface area contributed by atoms with Crippen molar-refractivity contribution in [3.63, 3.8) is 0 Å². The maximum Gasteiger partial charge on any atom is 0.0104 e. The normalized spacial score (nSPS) is 15.0. The third-order valence-electron chi connectivity index (χ3n) is 3.82. The molecule has 0 aliphatic carbocycles. The Morgan fingerprint density at radius 1 is 1.10 bits per heavy atom. The molecule has 0 amide bonds. The molecule has 0 atom stereocenters. The van der Waals surface area contributed by atoms with E-state index in [1.54, 1.807) is 0 Å². The first kappa shape index (κ1) is 13.5. The van der Waals surface area contributed by atoms with Crippen LogP contribution >= 0.6 is 11.8 Å². The lowest BCUT2D eigenvalue weighted by atomic mass is 10.00. The third-order valence-corrected chi connectivity index (χ3v) is 5.03. The number of allylic oxidation sites excluding steroid dienone is 1. The molecule has 0 radical (unpaired) electrons. The molecule has 2 aromatic carbocycles. The SMILES string of the molecule is C/C(=C\c1ccc(C)cc1)c1ccc2c(c1)CCCS2. The third kappa shape index (κ3) is 2.99. The Bertz CT molecular complexity index is 635. The standard InChI is InChI=1S/C19H20S/c1-14-5-7-16(8-6-14)12-15(2)17-9-10-19-18(13-17)4-3-11-20-19/h5-10,12-13H,3-4,11H2,1-2H3/b15-12+. The first-order valence-electron chi connectivity index (χ1n) is 7.23. The maximum absolute atomic E-state index is 2.38. The minimum absolute atomic E-state index is 1.23. The molecule has 2 aromatic rings. The van der Waals surface area contributed by atoms with Crippen molar-refractivity contribution in [3.8, 4) is 0 Å². The topological polar surface area (TPSA) is 0 Å². The van der Waals surface area contributed by atoms with E-state index in [1.165, 1.54) is 51.3 Å². The van der Waals surface area contributed by atoms with E-state index in [4.69, 9.17) is 0 Å². The molecule has 0 aromatic heterocycles. The molecule has 0 saturated carbocycles. The van der Waals surface area contributed by atoms with Gasteiger partial charge in [-0.05, 0) is 60.8 Å². The highest BCUT2D eigenvalue weighted by Crippen LogP contribution is 2.32. The highest BCUT2D eigenvalue weighted by atomic mass is 32.2. The summed E-state index contributed by atoms with van der Waals surface area (Å²) in [6.07, 6.45) is 4.81. The van der Waals surface area contributed by atoms with Gasteiger partial charge in [0.15, 0.2) is 0 Å². The summed E-state index contributed by atoms with van der Waals surface area (Å²) in [5.74, 6) is 1.27. The van der Waals surface area contributed by atoms with Gasteiger partial charge in [0.1, 0.15) is 0 Å². The minimum Gasteiger partial charge on any atom is -0.126 e. The van der Waals surface area contributed by atoms with Gasteiger partial charge in [-0.15, -0.1) is 11.8 Å². The Kier molecular flexibility index (Phi) is 3.98. The van der Waals surface area contributed by atoms with Crippen molar-refractivity contribution in [2.45, 2.75) is 31.6 Å². The van der Waals surface area contributed by atoms with E-state index in [9.17, 15) is 0 Å². The molecule has 3 rings (SSSR count). The molecule has 0 spiro atoms. The van der Waals surface area contributed by atoms with Crippen LogP contribution in [0.2, 0.25) is 0 Å². The second-order valence-corrected chi connectivity index (χ2v) is 6.65. The molecule has 0 unspecified atom stereocenters. The predicted molar refractivity (Wildman–Crippen MR) is 90.2 cm³/mol. The van der Waals surface area contributed by atoms with E-state index in [1.807, 2.05) is 11.8 Å². The van der Waals surface area contributed by atoms with E-state index in [-0.39, 0.29) is 0 Å². The molecule has 0 fully saturated rings. The van der Waals surface area contributed by atoms with Gasteiger partial charge in [0, 0.05) is 4.90 Å². The average molecular weight is 280 g/mol. The van der Waals surface area contributed by atoms with Gasteiger partial charge in [-0.1, -0.05) is 48.0 Å². The molecule has 0 saturated heterocycles. The van der Waals surface area contributed by atoms with Crippen LogP contribution in [0.15, 0.2) is 47.4 Å². The number of hydrogen-bond acceptors (Lipinski definition) is 1. The van der Waals surface area contributed by atoms with Gasteiger partial charge in [0.25, 0.3) is 0 Å². The lowest BCUT2D eigenvalue weighted by Gasteiger charge is -2.16. The van der Waals surface area contributed by atoms with Crippen molar-refractivity contribution in [1.82, 2.24) is 0 Å². The lowest BCUT2D eigenvalue weighted by Crippen LogP contribution is -1.98. The number of aryl methyl sites for hydroxylation is 2. The van der Waals surface area contributed by atoms with E-state index in [0.29, 0.717) is 0 Å². The molecule has 0 bridgehead atoms. The zero-order chi connectivity index (χ0) is 13.9. The highest BCUT2D eigenvalue weighted by Gasteiger charge is 2.10. The Morgan fingerprint density at radius 3 is 2.70 bits per heavy atom. The molecule has 1 heterocycles. The Hall–Kier alpha value is -1.47. The lowest BCUT2D eigenvalue weighted by molar-refractivity contribution is 0.889. The summed E-state index contributed by atoms with van der Waals surface area (Å²) in [6, 6.07) is 15.6. The molecule has 20 heavy (non-hydrogen) atoms. The smallest absolute Gasteiger partial charge is 0.0104 e. The fourth-order valence-electron chi connectivity index (χ4n) is 2.60. The van der Waals surface area contributed by atoms with Crippen LogP contribution in [0.4, 0.5) is 0 Å². The van der Waals surface area contributed by atoms with Crippen LogP contribution in [0.1, 0.15) is 35.6 Å². The van der Waals surface area contributed by atoms with Crippen LogP contribution in [0.5, 0.6) is 0 Å². The van der Waals surface area contributed by atoms with Gasteiger partial charge in [0.05, 0.1) is 0 Å². The van der Waals surface area contributed by atoms with E-state index in [2.05, 4.69) is 62.4 Å². The molecule has 0 nitrogen and oxygen atoms in total. The molecule has 0 N–H and O–H groups in total. The molecule has 1 aliphatic heterocycles. The van der Waals surface area contributed by atoms with Crippen LogP contribution in [-0.2, 0) is 6.42 Å². The fourth-order valence-corrected chi connectivity index (χ4v) is 3.62. The summed E-state index contributed by atoms with van der Waals surface area (Å²) in [6.45, 7) is 4.33. The summed E-state index contributed by atoms with van der Waals surface area (Å²) >= 11 is 2.00. The second-order valence-electron chi connectivity index (χ2n) is 5.51. The van der Waals surface area contributed by atoms with Gasteiger partial charge in [-0.2, -0.15) is 0 Å².